The van der Waals surface area contributed by atoms with Crippen molar-refractivity contribution in [2.45, 2.75) is 6.54 Å². The predicted octanol–water partition coefficient (Wildman–Crippen LogP) is 2.53. The molecule has 1 aliphatic rings. The SMILES string of the molecule is COc1ccc(/C=C2\C(=O)NC(=S)N(Cc3ccccc3)C2=O)c(OC)c1. The molecule has 0 saturated carbocycles. The molecule has 7 heteroatoms. The molecule has 0 spiro atoms. The molecule has 2 aromatic rings. The Morgan fingerprint density at radius 1 is 1.07 bits per heavy atom. The highest BCUT2D eigenvalue weighted by Crippen LogP contribution is 2.27. The van der Waals surface area contributed by atoms with Gasteiger partial charge in [-0.3, -0.25) is 19.8 Å². The fourth-order valence-corrected chi connectivity index (χ4v) is 2.94. The molecule has 1 heterocycles. The quantitative estimate of drug-likeness (QED) is 0.489. The lowest BCUT2D eigenvalue weighted by Gasteiger charge is -2.29. The van der Waals surface area contributed by atoms with E-state index in [4.69, 9.17) is 21.7 Å². The normalized spacial score (nSPS) is 15.7. The first-order valence-corrected chi connectivity index (χ1v) is 8.59. The van der Waals surface area contributed by atoms with Gasteiger partial charge >= 0.3 is 0 Å². The van der Waals surface area contributed by atoms with Gasteiger partial charge in [0.25, 0.3) is 11.8 Å². The summed E-state index contributed by atoms with van der Waals surface area (Å²) in [5.41, 5.74) is 1.48. The first-order valence-electron chi connectivity index (χ1n) is 8.18. The van der Waals surface area contributed by atoms with Crippen molar-refractivity contribution in [3.63, 3.8) is 0 Å². The number of ether oxygens (including phenoxy) is 2. The molecule has 0 atom stereocenters. The van der Waals surface area contributed by atoms with Gasteiger partial charge in [-0.2, -0.15) is 0 Å². The second-order valence-corrected chi connectivity index (χ2v) is 6.19. The summed E-state index contributed by atoms with van der Waals surface area (Å²) in [6, 6.07) is 14.6. The molecule has 2 amide bonds. The number of hydrogen-bond acceptors (Lipinski definition) is 5. The highest BCUT2D eigenvalue weighted by molar-refractivity contribution is 7.80. The van der Waals surface area contributed by atoms with Crippen LogP contribution in [0.5, 0.6) is 11.5 Å². The van der Waals surface area contributed by atoms with E-state index in [0.717, 1.165) is 5.56 Å². The molecule has 0 unspecified atom stereocenters. The van der Waals surface area contributed by atoms with Gasteiger partial charge in [-0.05, 0) is 36.0 Å². The van der Waals surface area contributed by atoms with Gasteiger partial charge in [0, 0.05) is 11.6 Å². The zero-order chi connectivity index (χ0) is 19.4. The van der Waals surface area contributed by atoms with E-state index >= 15 is 0 Å². The number of rotatable bonds is 5. The Hall–Kier alpha value is -3.19. The molecular formula is C20H18N2O4S. The highest BCUT2D eigenvalue weighted by Gasteiger charge is 2.33. The molecule has 1 aliphatic heterocycles. The van der Waals surface area contributed by atoms with E-state index in [9.17, 15) is 9.59 Å². The van der Waals surface area contributed by atoms with Crippen molar-refractivity contribution in [1.82, 2.24) is 10.2 Å². The molecule has 27 heavy (non-hydrogen) atoms. The lowest BCUT2D eigenvalue weighted by Crippen LogP contribution is -2.53. The third-order valence-corrected chi connectivity index (χ3v) is 4.43. The van der Waals surface area contributed by atoms with E-state index in [1.807, 2.05) is 30.3 Å². The van der Waals surface area contributed by atoms with Crippen LogP contribution in [-0.2, 0) is 16.1 Å². The average Bonchev–Trinajstić information content (AvgIpc) is 2.69. The van der Waals surface area contributed by atoms with Gasteiger partial charge in [-0.25, -0.2) is 0 Å². The minimum Gasteiger partial charge on any atom is -0.497 e. The smallest absolute Gasteiger partial charge is 0.265 e. The molecule has 0 aliphatic carbocycles. The summed E-state index contributed by atoms with van der Waals surface area (Å²) < 4.78 is 10.5. The largest absolute Gasteiger partial charge is 0.497 e. The molecule has 1 fully saturated rings. The van der Waals surface area contributed by atoms with Gasteiger partial charge in [-0.1, -0.05) is 30.3 Å². The third kappa shape index (κ3) is 3.98. The number of nitrogens with one attached hydrogen (secondary N) is 1. The standard InChI is InChI=1S/C20H18N2O4S/c1-25-15-9-8-14(17(11-15)26-2)10-16-18(23)21-20(27)22(19(16)24)12-13-6-4-3-5-7-13/h3-11H,12H2,1-2H3,(H,21,23,27)/b16-10+. The van der Waals surface area contributed by atoms with Gasteiger partial charge in [-0.15, -0.1) is 0 Å². The lowest BCUT2D eigenvalue weighted by atomic mass is 10.1. The second-order valence-electron chi connectivity index (χ2n) is 5.80. The van der Waals surface area contributed by atoms with Crippen LogP contribution < -0.4 is 14.8 Å². The maximum atomic E-state index is 12.9. The van der Waals surface area contributed by atoms with E-state index in [2.05, 4.69) is 5.32 Å². The van der Waals surface area contributed by atoms with Crippen molar-refractivity contribution in [3.05, 3.63) is 65.2 Å². The summed E-state index contributed by atoms with van der Waals surface area (Å²) in [4.78, 5) is 26.7. The topological polar surface area (TPSA) is 67.9 Å². The first kappa shape index (κ1) is 18.6. The Kier molecular flexibility index (Phi) is 5.52. The number of thiocarbonyl (C=S) groups is 1. The van der Waals surface area contributed by atoms with E-state index in [0.29, 0.717) is 17.1 Å². The Labute approximate surface area is 162 Å². The molecular weight excluding hydrogens is 364 g/mol. The third-order valence-electron chi connectivity index (χ3n) is 4.11. The highest BCUT2D eigenvalue weighted by atomic mass is 32.1. The zero-order valence-corrected chi connectivity index (χ0v) is 15.7. The molecule has 2 aromatic carbocycles. The van der Waals surface area contributed by atoms with E-state index in [1.54, 1.807) is 25.3 Å². The number of methoxy groups -OCH3 is 2. The van der Waals surface area contributed by atoms with Gasteiger partial charge in [0.1, 0.15) is 17.1 Å². The van der Waals surface area contributed by atoms with Crippen molar-refractivity contribution in [2.24, 2.45) is 0 Å². The minimum atomic E-state index is -0.535. The summed E-state index contributed by atoms with van der Waals surface area (Å²) >= 11 is 5.18. The summed E-state index contributed by atoms with van der Waals surface area (Å²) in [5, 5.41) is 2.66. The number of carbonyl (C=O) groups excluding carboxylic acids is 2. The second kappa shape index (κ2) is 8.01. The van der Waals surface area contributed by atoms with Gasteiger partial charge < -0.3 is 9.47 Å². The number of nitrogens with zero attached hydrogens (tertiary/aromatic N) is 1. The number of hydrogen-bond donors (Lipinski definition) is 1. The maximum Gasteiger partial charge on any atom is 0.265 e. The van der Waals surface area contributed by atoms with Crippen LogP contribution in [0.1, 0.15) is 11.1 Å². The maximum absolute atomic E-state index is 12.9. The molecule has 3 rings (SSSR count). The number of carbonyl (C=O) groups is 2. The van der Waals surface area contributed by atoms with Gasteiger partial charge in [0.2, 0.25) is 0 Å². The van der Waals surface area contributed by atoms with Crippen molar-refractivity contribution < 1.29 is 19.1 Å². The molecule has 138 valence electrons. The van der Waals surface area contributed by atoms with Crippen molar-refractivity contribution >= 4 is 35.2 Å². The molecule has 1 saturated heterocycles. The molecule has 0 aromatic heterocycles. The molecule has 0 bridgehead atoms. The predicted molar refractivity (Wildman–Crippen MR) is 105 cm³/mol. The fraction of sp³-hybridized carbons (Fsp3) is 0.150. The zero-order valence-electron chi connectivity index (χ0n) is 14.9. The Bertz CT molecular complexity index is 925. The Morgan fingerprint density at radius 2 is 1.81 bits per heavy atom. The summed E-state index contributed by atoms with van der Waals surface area (Å²) in [6.07, 6.45) is 1.50. The van der Waals surface area contributed by atoms with Gasteiger partial charge in [0.05, 0.1) is 20.8 Å². The van der Waals surface area contributed by atoms with Crippen LogP contribution in [0.25, 0.3) is 6.08 Å². The van der Waals surface area contributed by atoms with Crippen molar-refractivity contribution in [3.8, 4) is 11.5 Å². The van der Waals surface area contributed by atoms with Crippen LogP contribution in [0, 0.1) is 0 Å². The average molecular weight is 382 g/mol. The van der Waals surface area contributed by atoms with Crippen LogP contribution in [0.15, 0.2) is 54.1 Å². The summed E-state index contributed by atoms with van der Waals surface area (Å²) in [7, 11) is 3.06. The van der Waals surface area contributed by atoms with Crippen LogP contribution >= 0.6 is 12.2 Å². The van der Waals surface area contributed by atoms with Gasteiger partial charge in [0.15, 0.2) is 5.11 Å². The van der Waals surface area contributed by atoms with E-state index < -0.39 is 11.8 Å². The fourth-order valence-electron chi connectivity index (χ4n) is 2.70. The Morgan fingerprint density at radius 3 is 2.48 bits per heavy atom. The Balaban J connectivity index is 1.94. The minimum absolute atomic E-state index is 0.0111. The van der Waals surface area contributed by atoms with Crippen LogP contribution in [0.3, 0.4) is 0 Å². The molecule has 1 N–H and O–H groups in total. The van der Waals surface area contributed by atoms with E-state index in [1.165, 1.54) is 18.1 Å². The summed E-state index contributed by atoms with van der Waals surface area (Å²) in [5.74, 6) is 0.114. The first-order chi connectivity index (χ1) is 13.0. The lowest BCUT2D eigenvalue weighted by molar-refractivity contribution is -0.129. The van der Waals surface area contributed by atoms with Crippen LogP contribution in [0.2, 0.25) is 0 Å². The monoisotopic (exact) mass is 382 g/mol. The molecule has 6 nitrogen and oxygen atoms in total. The number of amides is 2. The summed E-state index contributed by atoms with van der Waals surface area (Å²) in [6.45, 7) is 0.274. The van der Waals surface area contributed by atoms with Crippen LogP contribution in [0.4, 0.5) is 0 Å². The van der Waals surface area contributed by atoms with Crippen molar-refractivity contribution in [1.29, 1.82) is 0 Å². The number of benzene rings is 2. The van der Waals surface area contributed by atoms with Crippen molar-refractivity contribution in [2.75, 3.05) is 14.2 Å². The van der Waals surface area contributed by atoms with E-state index in [-0.39, 0.29) is 17.2 Å². The van der Waals surface area contributed by atoms with Crippen LogP contribution in [-0.4, -0.2) is 36.0 Å². The molecule has 0 radical (unpaired) electrons.